The fourth-order valence-corrected chi connectivity index (χ4v) is 3.14. The van der Waals surface area contributed by atoms with Crippen molar-refractivity contribution in [1.82, 2.24) is 10.1 Å². The number of anilines is 1. The van der Waals surface area contributed by atoms with E-state index in [4.69, 9.17) is 10.3 Å². The van der Waals surface area contributed by atoms with Gasteiger partial charge in [-0.3, -0.25) is 0 Å². The van der Waals surface area contributed by atoms with Crippen molar-refractivity contribution in [3.63, 3.8) is 0 Å². The minimum absolute atomic E-state index is 0.466. The van der Waals surface area contributed by atoms with Gasteiger partial charge < -0.3 is 10.3 Å². The van der Waals surface area contributed by atoms with Crippen molar-refractivity contribution in [1.29, 1.82) is 0 Å². The minimum atomic E-state index is 0.466. The molecule has 1 aromatic carbocycles. The summed E-state index contributed by atoms with van der Waals surface area (Å²) in [5.74, 6) is 1.03. The Kier molecular flexibility index (Phi) is 3.58. The van der Waals surface area contributed by atoms with Gasteiger partial charge in [0.1, 0.15) is 0 Å². The number of aromatic nitrogens is 2. The van der Waals surface area contributed by atoms with E-state index in [2.05, 4.69) is 33.0 Å². The molecule has 102 valence electrons. The Labute approximate surface area is 128 Å². The molecule has 4 nitrogen and oxygen atoms in total. The first kappa shape index (κ1) is 13.3. The van der Waals surface area contributed by atoms with Gasteiger partial charge in [0.2, 0.25) is 5.82 Å². The molecule has 0 bridgehead atoms. The first-order valence-electron chi connectivity index (χ1n) is 6.15. The second kappa shape index (κ2) is 5.38. The molecule has 20 heavy (non-hydrogen) atoms. The van der Waals surface area contributed by atoms with E-state index < -0.39 is 0 Å². The number of nitrogens with zero attached hydrogens (tertiary/aromatic N) is 2. The Balaban J connectivity index is 1.99. The molecule has 0 aliphatic carbocycles. The average Bonchev–Trinajstić information content (AvgIpc) is 3.05. The summed E-state index contributed by atoms with van der Waals surface area (Å²) in [5, 5.41) is 4.74. The molecule has 6 heteroatoms. The molecule has 0 radical (unpaired) electrons. The van der Waals surface area contributed by atoms with Crippen LogP contribution in [0.4, 0.5) is 5.00 Å². The summed E-state index contributed by atoms with van der Waals surface area (Å²) >= 11 is 4.99. The summed E-state index contributed by atoms with van der Waals surface area (Å²) < 4.78 is 6.31. The molecule has 0 fully saturated rings. The second-order valence-corrected chi connectivity index (χ2v) is 6.36. The molecule has 3 rings (SSSR count). The summed E-state index contributed by atoms with van der Waals surface area (Å²) in [7, 11) is 0. The molecule has 2 N–H and O–H groups in total. The topological polar surface area (TPSA) is 64.9 Å². The van der Waals surface area contributed by atoms with Gasteiger partial charge in [-0.05, 0) is 24.6 Å². The van der Waals surface area contributed by atoms with Crippen molar-refractivity contribution in [3.05, 3.63) is 39.7 Å². The summed E-state index contributed by atoms with van der Waals surface area (Å²) in [4.78, 5) is 5.64. The number of benzene rings is 1. The quantitative estimate of drug-likeness (QED) is 0.762. The number of nitrogen functional groups attached to an aromatic ring is 1. The van der Waals surface area contributed by atoms with Gasteiger partial charge in [-0.2, -0.15) is 4.98 Å². The van der Waals surface area contributed by atoms with Gasteiger partial charge >= 0.3 is 0 Å². The van der Waals surface area contributed by atoms with Crippen LogP contribution < -0.4 is 5.73 Å². The van der Waals surface area contributed by atoms with Crippen molar-refractivity contribution in [3.8, 4) is 22.8 Å². The Morgan fingerprint density at radius 1 is 1.35 bits per heavy atom. The lowest BCUT2D eigenvalue weighted by Crippen LogP contribution is -1.84. The van der Waals surface area contributed by atoms with E-state index in [1.165, 1.54) is 4.88 Å². The molecule has 0 amide bonds. The van der Waals surface area contributed by atoms with Crippen LogP contribution in [0.15, 0.2) is 39.3 Å². The fourth-order valence-electron chi connectivity index (χ4n) is 1.88. The lowest BCUT2D eigenvalue weighted by atomic mass is 10.2. The van der Waals surface area contributed by atoms with Crippen molar-refractivity contribution in [2.45, 2.75) is 13.3 Å². The monoisotopic (exact) mass is 349 g/mol. The molecule has 0 atom stereocenters. The van der Waals surface area contributed by atoms with E-state index in [9.17, 15) is 0 Å². The molecular weight excluding hydrogens is 338 g/mol. The zero-order valence-electron chi connectivity index (χ0n) is 10.8. The molecule has 3 aromatic rings. The Morgan fingerprint density at radius 3 is 2.90 bits per heavy atom. The first-order valence-corrected chi connectivity index (χ1v) is 7.76. The fraction of sp³-hybridized carbons (Fsp3) is 0.143. The molecule has 0 spiro atoms. The van der Waals surface area contributed by atoms with Gasteiger partial charge in [-0.1, -0.05) is 40.1 Å². The van der Waals surface area contributed by atoms with Crippen LogP contribution >= 0.6 is 27.3 Å². The maximum absolute atomic E-state index is 6.00. The van der Waals surface area contributed by atoms with Gasteiger partial charge in [-0.15, -0.1) is 11.3 Å². The Hall–Kier alpha value is -1.66. The van der Waals surface area contributed by atoms with Gasteiger partial charge in [0.15, 0.2) is 0 Å². The minimum Gasteiger partial charge on any atom is -0.390 e. The number of hydrogen-bond donors (Lipinski definition) is 1. The third kappa shape index (κ3) is 2.48. The van der Waals surface area contributed by atoms with Crippen LogP contribution in [0.2, 0.25) is 0 Å². The van der Waals surface area contributed by atoms with Crippen LogP contribution in [-0.2, 0) is 6.42 Å². The van der Waals surface area contributed by atoms with Crippen molar-refractivity contribution < 1.29 is 4.52 Å². The zero-order valence-corrected chi connectivity index (χ0v) is 13.2. The number of hydrogen-bond acceptors (Lipinski definition) is 5. The number of nitrogens with two attached hydrogens (primary N) is 1. The summed E-state index contributed by atoms with van der Waals surface area (Å²) in [5.41, 5.74) is 7.73. The van der Waals surface area contributed by atoms with Crippen LogP contribution in [0.5, 0.6) is 0 Å². The first-order chi connectivity index (χ1) is 9.67. The SMILES string of the molecule is CCc1cc(-c2nc(-c3cccc(Br)c3)no2)c(N)s1. The third-order valence-corrected chi connectivity index (χ3v) is 4.50. The van der Waals surface area contributed by atoms with E-state index in [1.54, 1.807) is 11.3 Å². The third-order valence-electron chi connectivity index (χ3n) is 2.90. The van der Waals surface area contributed by atoms with Crippen LogP contribution in [0.25, 0.3) is 22.8 Å². The van der Waals surface area contributed by atoms with Crippen LogP contribution in [-0.4, -0.2) is 10.1 Å². The van der Waals surface area contributed by atoms with Crippen LogP contribution in [0.3, 0.4) is 0 Å². The molecule has 0 aliphatic rings. The van der Waals surface area contributed by atoms with E-state index in [0.29, 0.717) is 16.7 Å². The number of thiophene rings is 1. The molecule has 0 saturated carbocycles. The molecule has 2 aromatic heterocycles. The molecule has 0 saturated heterocycles. The second-order valence-electron chi connectivity index (χ2n) is 4.28. The number of aryl methyl sites for hydroxylation is 1. The highest BCUT2D eigenvalue weighted by Crippen LogP contribution is 2.34. The molecule has 0 aliphatic heterocycles. The summed E-state index contributed by atoms with van der Waals surface area (Å²) in [6.07, 6.45) is 0.946. The van der Waals surface area contributed by atoms with Gasteiger partial charge in [-0.25, -0.2) is 0 Å². The molecule has 0 unspecified atom stereocenters. The average molecular weight is 350 g/mol. The highest BCUT2D eigenvalue weighted by Gasteiger charge is 2.15. The number of halogens is 1. The summed E-state index contributed by atoms with van der Waals surface area (Å²) in [6, 6.07) is 9.79. The van der Waals surface area contributed by atoms with Gasteiger partial charge in [0.25, 0.3) is 5.89 Å². The Morgan fingerprint density at radius 2 is 2.20 bits per heavy atom. The Bertz CT molecular complexity index is 750. The standard InChI is InChI=1S/C14H12BrN3OS/c1-2-10-7-11(12(16)20-10)14-17-13(18-19-14)8-4-3-5-9(15)6-8/h3-7H,2,16H2,1H3. The van der Waals surface area contributed by atoms with Gasteiger partial charge in [0.05, 0.1) is 10.6 Å². The van der Waals surface area contributed by atoms with E-state index in [-0.39, 0.29) is 0 Å². The predicted octanol–water partition coefficient (Wildman–Crippen LogP) is 4.37. The predicted molar refractivity (Wildman–Crippen MR) is 84.5 cm³/mol. The maximum Gasteiger partial charge on any atom is 0.261 e. The zero-order chi connectivity index (χ0) is 14.1. The van der Waals surface area contributed by atoms with Crippen molar-refractivity contribution in [2.75, 3.05) is 5.73 Å². The number of rotatable bonds is 3. The normalized spacial score (nSPS) is 10.9. The lowest BCUT2D eigenvalue weighted by Gasteiger charge is -1.94. The van der Waals surface area contributed by atoms with E-state index in [0.717, 1.165) is 22.0 Å². The highest BCUT2D eigenvalue weighted by molar-refractivity contribution is 9.10. The van der Waals surface area contributed by atoms with Crippen molar-refractivity contribution >= 4 is 32.3 Å². The van der Waals surface area contributed by atoms with Gasteiger partial charge in [0, 0.05) is 14.9 Å². The lowest BCUT2D eigenvalue weighted by molar-refractivity contribution is 0.432. The smallest absolute Gasteiger partial charge is 0.261 e. The molecular formula is C14H12BrN3OS. The van der Waals surface area contributed by atoms with E-state index >= 15 is 0 Å². The highest BCUT2D eigenvalue weighted by atomic mass is 79.9. The van der Waals surface area contributed by atoms with Crippen molar-refractivity contribution in [2.24, 2.45) is 0 Å². The maximum atomic E-state index is 6.00. The van der Waals surface area contributed by atoms with E-state index in [1.807, 2.05) is 30.3 Å². The summed E-state index contributed by atoms with van der Waals surface area (Å²) in [6.45, 7) is 2.09. The van der Waals surface area contributed by atoms with Crippen LogP contribution in [0, 0.1) is 0 Å². The van der Waals surface area contributed by atoms with Crippen LogP contribution in [0.1, 0.15) is 11.8 Å². The largest absolute Gasteiger partial charge is 0.390 e. The molecule has 2 heterocycles.